The highest BCUT2D eigenvalue weighted by molar-refractivity contribution is 5.85. The Morgan fingerprint density at radius 2 is 1.96 bits per heavy atom. The second-order valence-electron chi connectivity index (χ2n) is 7.15. The highest BCUT2D eigenvalue weighted by Gasteiger charge is 2.35. The standard InChI is InChI=1S/C19H26F3N3O.ClH/c1-14(15-3-2-4-16(13-15)19(20,21)22)25(17-5-6-17)10-7-18(26)24-11-8-23-9-12-24;/h2-4,13-14,17,23H,5-12H2,1H3;1H. The van der Waals surface area contributed by atoms with Gasteiger partial charge in [-0.25, -0.2) is 0 Å². The summed E-state index contributed by atoms with van der Waals surface area (Å²) in [5.41, 5.74) is 0.0378. The highest BCUT2D eigenvalue weighted by Crippen LogP contribution is 2.36. The quantitative estimate of drug-likeness (QED) is 0.787. The van der Waals surface area contributed by atoms with Gasteiger partial charge in [0.1, 0.15) is 0 Å². The van der Waals surface area contributed by atoms with Crippen molar-refractivity contribution in [3.8, 4) is 0 Å². The summed E-state index contributed by atoms with van der Waals surface area (Å²) < 4.78 is 39.0. The number of hydrogen-bond donors (Lipinski definition) is 1. The van der Waals surface area contributed by atoms with Crippen LogP contribution in [0.25, 0.3) is 0 Å². The van der Waals surface area contributed by atoms with Crippen LogP contribution in [0.2, 0.25) is 0 Å². The smallest absolute Gasteiger partial charge is 0.340 e. The fraction of sp³-hybridized carbons (Fsp3) is 0.632. The Morgan fingerprint density at radius 3 is 2.56 bits per heavy atom. The number of halogens is 4. The number of alkyl halides is 3. The zero-order chi connectivity index (χ0) is 18.7. The molecular weight excluding hydrogens is 379 g/mol. The molecule has 8 heteroatoms. The average Bonchev–Trinajstić information content (AvgIpc) is 3.47. The zero-order valence-electron chi connectivity index (χ0n) is 15.5. The van der Waals surface area contributed by atoms with E-state index < -0.39 is 11.7 Å². The first-order chi connectivity index (χ1) is 12.4. The molecular formula is C19H27ClF3N3O. The van der Waals surface area contributed by atoms with E-state index in [1.165, 1.54) is 12.1 Å². The van der Waals surface area contributed by atoms with E-state index in [1.807, 2.05) is 11.8 Å². The van der Waals surface area contributed by atoms with E-state index in [1.54, 1.807) is 6.07 Å². The number of amides is 1. The molecule has 1 saturated heterocycles. The van der Waals surface area contributed by atoms with Crippen molar-refractivity contribution in [2.75, 3.05) is 32.7 Å². The van der Waals surface area contributed by atoms with Crippen molar-refractivity contribution in [1.82, 2.24) is 15.1 Å². The minimum absolute atomic E-state index is 0. The second kappa shape index (κ2) is 9.26. The summed E-state index contributed by atoms with van der Waals surface area (Å²) in [6.45, 7) is 5.61. The van der Waals surface area contributed by atoms with Gasteiger partial charge in [-0.2, -0.15) is 13.2 Å². The summed E-state index contributed by atoms with van der Waals surface area (Å²) in [5.74, 6) is 0.133. The van der Waals surface area contributed by atoms with Crippen LogP contribution >= 0.6 is 12.4 Å². The van der Waals surface area contributed by atoms with Crippen LogP contribution in [0.3, 0.4) is 0 Å². The van der Waals surface area contributed by atoms with Crippen LogP contribution in [0.15, 0.2) is 24.3 Å². The number of carbonyl (C=O) groups is 1. The summed E-state index contributed by atoms with van der Waals surface area (Å²) in [4.78, 5) is 16.5. The number of rotatable bonds is 6. The minimum atomic E-state index is -4.33. The molecule has 1 aromatic carbocycles. The Hall–Kier alpha value is -1.31. The molecule has 1 unspecified atom stereocenters. The van der Waals surface area contributed by atoms with Gasteiger partial charge in [-0.05, 0) is 37.5 Å². The third-order valence-corrected chi connectivity index (χ3v) is 5.26. The topological polar surface area (TPSA) is 35.6 Å². The molecule has 1 aromatic rings. The zero-order valence-corrected chi connectivity index (χ0v) is 16.3. The van der Waals surface area contributed by atoms with Crippen LogP contribution in [-0.2, 0) is 11.0 Å². The molecule has 1 atom stereocenters. The van der Waals surface area contributed by atoms with Crippen LogP contribution in [0.1, 0.15) is 43.4 Å². The lowest BCUT2D eigenvalue weighted by Gasteiger charge is -2.32. The molecule has 4 nitrogen and oxygen atoms in total. The van der Waals surface area contributed by atoms with Crippen LogP contribution in [0.5, 0.6) is 0 Å². The van der Waals surface area contributed by atoms with E-state index in [4.69, 9.17) is 0 Å². The fourth-order valence-corrected chi connectivity index (χ4v) is 3.56. The predicted octanol–water partition coefficient (Wildman–Crippen LogP) is 3.47. The maximum atomic E-state index is 13.0. The molecule has 1 N–H and O–H groups in total. The van der Waals surface area contributed by atoms with Crippen molar-refractivity contribution in [2.24, 2.45) is 0 Å². The lowest BCUT2D eigenvalue weighted by atomic mass is 10.0. The van der Waals surface area contributed by atoms with Gasteiger partial charge in [0.15, 0.2) is 0 Å². The van der Waals surface area contributed by atoms with Crippen molar-refractivity contribution in [2.45, 2.75) is 44.4 Å². The van der Waals surface area contributed by atoms with Gasteiger partial charge in [-0.3, -0.25) is 9.69 Å². The molecule has 152 valence electrons. The Kier molecular flexibility index (Phi) is 7.54. The molecule has 2 fully saturated rings. The first-order valence-corrected chi connectivity index (χ1v) is 9.27. The maximum Gasteiger partial charge on any atom is 0.416 e. The fourth-order valence-electron chi connectivity index (χ4n) is 3.56. The summed E-state index contributed by atoms with van der Waals surface area (Å²) >= 11 is 0. The molecule has 3 rings (SSSR count). The van der Waals surface area contributed by atoms with Gasteiger partial charge in [-0.1, -0.05) is 12.1 Å². The molecule has 1 aliphatic carbocycles. The van der Waals surface area contributed by atoms with Gasteiger partial charge in [0, 0.05) is 51.2 Å². The molecule has 1 saturated carbocycles. The number of carbonyl (C=O) groups excluding carboxylic acids is 1. The van der Waals surface area contributed by atoms with Gasteiger partial charge in [0.05, 0.1) is 5.56 Å². The largest absolute Gasteiger partial charge is 0.416 e. The Balaban J connectivity index is 0.00000261. The van der Waals surface area contributed by atoms with E-state index in [2.05, 4.69) is 10.2 Å². The summed E-state index contributed by atoms with van der Waals surface area (Å²) in [5, 5.41) is 3.22. The van der Waals surface area contributed by atoms with Gasteiger partial charge < -0.3 is 10.2 Å². The molecule has 2 aliphatic rings. The Labute approximate surface area is 164 Å². The van der Waals surface area contributed by atoms with E-state index in [9.17, 15) is 18.0 Å². The van der Waals surface area contributed by atoms with Crippen molar-refractivity contribution in [3.05, 3.63) is 35.4 Å². The molecule has 1 amide bonds. The minimum Gasteiger partial charge on any atom is -0.340 e. The predicted molar refractivity (Wildman–Crippen MR) is 101 cm³/mol. The van der Waals surface area contributed by atoms with E-state index >= 15 is 0 Å². The van der Waals surface area contributed by atoms with Crippen molar-refractivity contribution < 1.29 is 18.0 Å². The first kappa shape index (κ1) is 22.0. The highest BCUT2D eigenvalue weighted by atomic mass is 35.5. The summed E-state index contributed by atoms with van der Waals surface area (Å²) in [6, 6.07) is 5.78. The molecule has 0 aromatic heterocycles. The monoisotopic (exact) mass is 405 g/mol. The number of benzene rings is 1. The number of hydrogen-bond acceptors (Lipinski definition) is 3. The summed E-state index contributed by atoms with van der Waals surface area (Å²) in [6.07, 6.45) is -1.82. The number of nitrogens with one attached hydrogen (secondary N) is 1. The molecule has 1 aliphatic heterocycles. The Bertz CT molecular complexity index is 631. The third-order valence-electron chi connectivity index (χ3n) is 5.26. The van der Waals surface area contributed by atoms with E-state index in [0.29, 0.717) is 24.6 Å². The van der Waals surface area contributed by atoms with Crippen molar-refractivity contribution in [1.29, 1.82) is 0 Å². The Morgan fingerprint density at radius 1 is 1.30 bits per heavy atom. The second-order valence-corrected chi connectivity index (χ2v) is 7.15. The van der Waals surface area contributed by atoms with Gasteiger partial charge >= 0.3 is 6.18 Å². The lowest BCUT2D eigenvalue weighted by Crippen LogP contribution is -2.47. The molecule has 0 radical (unpaired) electrons. The molecule has 27 heavy (non-hydrogen) atoms. The lowest BCUT2D eigenvalue weighted by molar-refractivity contribution is -0.137. The van der Waals surface area contributed by atoms with Crippen molar-refractivity contribution >= 4 is 18.3 Å². The number of nitrogens with zero attached hydrogens (tertiary/aromatic N) is 2. The van der Waals surface area contributed by atoms with Crippen molar-refractivity contribution in [3.63, 3.8) is 0 Å². The van der Waals surface area contributed by atoms with Gasteiger partial charge in [0.2, 0.25) is 5.91 Å². The SMILES string of the molecule is CC(c1cccc(C(F)(F)F)c1)N(CCC(=O)N1CCNCC1)C1CC1.Cl. The van der Waals surface area contributed by atoms with Crippen LogP contribution in [-0.4, -0.2) is 54.5 Å². The summed E-state index contributed by atoms with van der Waals surface area (Å²) in [7, 11) is 0. The van der Waals surface area contributed by atoms with Crippen LogP contribution in [0.4, 0.5) is 13.2 Å². The van der Waals surface area contributed by atoms with Crippen LogP contribution in [0, 0.1) is 0 Å². The third kappa shape index (κ3) is 5.83. The first-order valence-electron chi connectivity index (χ1n) is 9.27. The normalized spacial score (nSPS) is 18.9. The maximum absolute atomic E-state index is 13.0. The molecule has 0 bridgehead atoms. The molecule has 1 heterocycles. The average molecular weight is 406 g/mol. The molecule has 0 spiro atoms. The van der Waals surface area contributed by atoms with Gasteiger partial charge in [0.25, 0.3) is 0 Å². The van der Waals surface area contributed by atoms with Gasteiger partial charge in [-0.15, -0.1) is 12.4 Å². The number of piperazine rings is 1. The van der Waals surface area contributed by atoms with E-state index in [0.717, 1.165) is 45.1 Å². The van der Waals surface area contributed by atoms with E-state index in [-0.39, 0.29) is 24.4 Å². The van der Waals surface area contributed by atoms with Crippen LogP contribution < -0.4 is 5.32 Å².